The lowest BCUT2D eigenvalue weighted by Crippen LogP contribution is -2.52. The molecule has 9 heteroatoms. The summed E-state index contributed by atoms with van der Waals surface area (Å²) in [5, 5.41) is 8.92. The second-order valence-electron chi connectivity index (χ2n) is 9.08. The number of carbonyl (C=O) groups is 1. The Kier molecular flexibility index (Phi) is 8.06. The molecule has 186 valence electrons. The zero-order chi connectivity index (χ0) is 24.8. The number of ether oxygens (including phenoxy) is 1. The number of nitriles is 1. The van der Waals surface area contributed by atoms with Gasteiger partial charge in [0.1, 0.15) is 5.75 Å². The Hall–Kier alpha value is -2.93. The number of carbonyl (C=O) groups excluding carboxylic acids is 1. The van der Waals surface area contributed by atoms with Crippen LogP contribution in [0.3, 0.4) is 0 Å². The van der Waals surface area contributed by atoms with Crippen molar-refractivity contribution in [1.82, 2.24) is 14.1 Å². The third-order valence-corrected chi connectivity index (χ3v) is 8.90. The lowest BCUT2D eigenvalue weighted by molar-refractivity contribution is -0.138. The Morgan fingerprint density at radius 1 is 0.971 bits per heavy atom. The van der Waals surface area contributed by atoms with E-state index in [1.807, 2.05) is 23.1 Å². The molecule has 0 saturated carbocycles. The maximum absolute atomic E-state index is 13.1. The highest BCUT2D eigenvalue weighted by atomic mass is 32.2. The van der Waals surface area contributed by atoms with Gasteiger partial charge in [0.15, 0.2) is 0 Å². The standard InChI is InChI=1S/C26H32N4O4S/c1-34-24-6-2-21(3-7-24)10-13-28-16-18-29(19-17-28)26(31)23-11-14-30(15-12-23)35(32,33)25-8-4-22(20-27)5-9-25/h2-9,23H,10-19H2,1H3. The summed E-state index contributed by atoms with van der Waals surface area (Å²) in [6, 6.07) is 16.1. The molecule has 8 nitrogen and oxygen atoms in total. The highest BCUT2D eigenvalue weighted by molar-refractivity contribution is 7.89. The molecule has 35 heavy (non-hydrogen) atoms. The van der Waals surface area contributed by atoms with Crippen LogP contribution in [0.25, 0.3) is 0 Å². The van der Waals surface area contributed by atoms with E-state index >= 15 is 0 Å². The van der Waals surface area contributed by atoms with E-state index in [0.29, 0.717) is 44.6 Å². The average molecular weight is 497 g/mol. The zero-order valence-electron chi connectivity index (χ0n) is 20.1. The third-order valence-electron chi connectivity index (χ3n) is 6.98. The van der Waals surface area contributed by atoms with Gasteiger partial charge in [0.25, 0.3) is 0 Å². The van der Waals surface area contributed by atoms with Gasteiger partial charge in [0.2, 0.25) is 15.9 Å². The summed E-state index contributed by atoms with van der Waals surface area (Å²) in [5.41, 5.74) is 1.70. The number of nitrogens with zero attached hydrogens (tertiary/aromatic N) is 4. The van der Waals surface area contributed by atoms with Crippen molar-refractivity contribution in [2.45, 2.75) is 24.2 Å². The Balaban J connectivity index is 1.22. The quantitative estimate of drug-likeness (QED) is 0.584. The van der Waals surface area contributed by atoms with Crippen molar-refractivity contribution in [2.75, 3.05) is 52.9 Å². The normalized spacial score (nSPS) is 18.2. The average Bonchev–Trinajstić information content (AvgIpc) is 2.92. The van der Waals surface area contributed by atoms with Crippen LogP contribution in [0.4, 0.5) is 0 Å². The van der Waals surface area contributed by atoms with Crippen LogP contribution < -0.4 is 4.74 Å². The van der Waals surface area contributed by atoms with Crippen molar-refractivity contribution in [3.05, 3.63) is 59.7 Å². The van der Waals surface area contributed by atoms with Gasteiger partial charge in [-0.1, -0.05) is 12.1 Å². The molecule has 2 aliphatic rings. The molecule has 2 aromatic rings. The minimum absolute atomic E-state index is 0.131. The first-order valence-corrected chi connectivity index (χ1v) is 13.5. The van der Waals surface area contributed by atoms with Gasteiger partial charge in [-0.25, -0.2) is 8.42 Å². The van der Waals surface area contributed by atoms with E-state index in [-0.39, 0.29) is 16.7 Å². The molecule has 0 aromatic heterocycles. The fraction of sp³-hybridized carbons (Fsp3) is 0.462. The van der Waals surface area contributed by atoms with Crippen LogP contribution in [0.2, 0.25) is 0 Å². The van der Waals surface area contributed by atoms with Crippen LogP contribution in [0.5, 0.6) is 5.75 Å². The van der Waals surface area contributed by atoms with E-state index in [2.05, 4.69) is 17.0 Å². The van der Waals surface area contributed by atoms with E-state index in [1.165, 1.54) is 34.1 Å². The predicted molar refractivity (Wildman–Crippen MR) is 132 cm³/mol. The number of benzene rings is 2. The summed E-state index contributed by atoms with van der Waals surface area (Å²) in [6.07, 6.45) is 2.03. The van der Waals surface area contributed by atoms with Gasteiger partial charge < -0.3 is 9.64 Å². The van der Waals surface area contributed by atoms with Crippen molar-refractivity contribution < 1.29 is 17.9 Å². The Morgan fingerprint density at radius 3 is 2.17 bits per heavy atom. The summed E-state index contributed by atoms with van der Waals surface area (Å²) < 4.78 is 32.5. The number of amides is 1. The summed E-state index contributed by atoms with van der Waals surface area (Å²) in [5.74, 6) is 0.877. The molecule has 1 amide bonds. The molecule has 0 spiro atoms. The largest absolute Gasteiger partial charge is 0.497 e. The van der Waals surface area contributed by atoms with Crippen LogP contribution >= 0.6 is 0 Å². The van der Waals surface area contributed by atoms with Gasteiger partial charge in [-0.3, -0.25) is 9.69 Å². The molecule has 0 unspecified atom stereocenters. The topological polar surface area (TPSA) is 93.9 Å². The summed E-state index contributed by atoms with van der Waals surface area (Å²) >= 11 is 0. The molecule has 0 aliphatic carbocycles. The van der Waals surface area contributed by atoms with Crippen LogP contribution in [0, 0.1) is 17.2 Å². The molecule has 0 atom stereocenters. The predicted octanol–water partition coefficient (Wildman–Crippen LogP) is 2.35. The van der Waals surface area contributed by atoms with Crippen LogP contribution in [-0.4, -0.2) is 81.4 Å². The number of methoxy groups -OCH3 is 1. The van der Waals surface area contributed by atoms with Crippen molar-refractivity contribution in [3.63, 3.8) is 0 Å². The number of hydrogen-bond donors (Lipinski definition) is 0. The highest BCUT2D eigenvalue weighted by Gasteiger charge is 2.34. The molecular weight excluding hydrogens is 464 g/mol. The maximum Gasteiger partial charge on any atom is 0.243 e. The monoisotopic (exact) mass is 496 g/mol. The fourth-order valence-corrected chi connectivity index (χ4v) is 6.19. The zero-order valence-corrected chi connectivity index (χ0v) is 20.9. The van der Waals surface area contributed by atoms with Gasteiger partial charge in [0.05, 0.1) is 23.6 Å². The minimum Gasteiger partial charge on any atom is -0.497 e. The van der Waals surface area contributed by atoms with Crippen LogP contribution in [0.1, 0.15) is 24.0 Å². The number of rotatable bonds is 7. The number of piperazine rings is 1. The number of piperidine rings is 1. The molecular formula is C26H32N4O4S. The van der Waals surface area contributed by atoms with E-state index in [0.717, 1.165) is 31.8 Å². The molecule has 2 heterocycles. The van der Waals surface area contributed by atoms with Crippen molar-refractivity contribution in [1.29, 1.82) is 5.26 Å². The van der Waals surface area contributed by atoms with Gasteiger partial charge in [0, 0.05) is 51.7 Å². The molecule has 2 aliphatic heterocycles. The van der Waals surface area contributed by atoms with E-state index in [1.54, 1.807) is 7.11 Å². The maximum atomic E-state index is 13.1. The van der Waals surface area contributed by atoms with E-state index < -0.39 is 10.0 Å². The molecule has 2 aromatic carbocycles. The number of sulfonamides is 1. The third kappa shape index (κ3) is 6.01. The van der Waals surface area contributed by atoms with E-state index in [9.17, 15) is 13.2 Å². The Labute approximate surface area is 207 Å². The van der Waals surface area contributed by atoms with E-state index in [4.69, 9.17) is 10.00 Å². The van der Waals surface area contributed by atoms with Gasteiger partial charge in [-0.15, -0.1) is 0 Å². The molecule has 2 fully saturated rings. The first kappa shape index (κ1) is 25.2. The van der Waals surface area contributed by atoms with Crippen molar-refractivity contribution >= 4 is 15.9 Å². The first-order chi connectivity index (χ1) is 16.9. The summed E-state index contributed by atoms with van der Waals surface area (Å²) in [6.45, 7) is 4.76. The summed E-state index contributed by atoms with van der Waals surface area (Å²) in [7, 11) is -1.95. The second-order valence-corrected chi connectivity index (χ2v) is 11.0. The lowest BCUT2D eigenvalue weighted by atomic mass is 9.96. The van der Waals surface area contributed by atoms with Crippen molar-refractivity contribution in [2.24, 2.45) is 5.92 Å². The molecule has 0 radical (unpaired) electrons. The lowest BCUT2D eigenvalue weighted by Gasteiger charge is -2.38. The summed E-state index contributed by atoms with van der Waals surface area (Å²) in [4.78, 5) is 17.6. The first-order valence-electron chi connectivity index (χ1n) is 12.0. The Morgan fingerprint density at radius 2 is 1.60 bits per heavy atom. The van der Waals surface area contributed by atoms with Crippen molar-refractivity contribution in [3.8, 4) is 11.8 Å². The van der Waals surface area contributed by atoms with Crippen LogP contribution in [-0.2, 0) is 21.2 Å². The smallest absolute Gasteiger partial charge is 0.243 e. The highest BCUT2D eigenvalue weighted by Crippen LogP contribution is 2.26. The van der Waals surface area contributed by atoms with Crippen LogP contribution in [0.15, 0.2) is 53.4 Å². The number of hydrogen-bond acceptors (Lipinski definition) is 6. The SMILES string of the molecule is COc1ccc(CCN2CCN(C(=O)C3CCN(S(=O)(=O)c4ccc(C#N)cc4)CC3)CC2)cc1. The van der Waals surface area contributed by atoms with Gasteiger partial charge in [-0.05, 0) is 61.2 Å². The minimum atomic E-state index is -3.62. The van der Waals surface area contributed by atoms with Gasteiger partial charge >= 0.3 is 0 Å². The second kappa shape index (κ2) is 11.2. The molecule has 2 saturated heterocycles. The molecule has 4 rings (SSSR count). The van der Waals surface area contributed by atoms with Gasteiger partial charge in [-0.2, -0.15) is 9.57 Å². The Bertz CT molecular complexity index is 1140. The fourth-order valence-electron chi connectivity index (χ4n) is 4.72. The molecule has 0 N–H and O–H groups in total. The molecule has 0 bridgehead atoms.